The second-order valence-electron chi connectivity index (χ2n) is 5.84. The highest BCUT2D eigenvalue weighted by Crippen LogP contribution is 2.34. The van der Waals surface area contributed by atoms with E-state index in [0.29, 0.717) is 6.54 Å². The lowest BCUT2D eigenvalue weighted by atomic mass is 9.88. The number of aliphatic hydroxyl groups is 1. The molecule has 0 radical (unpaired) electrons. The minimum atomic E-state index is -0.517. The van der Waals surface area contributed by atoms with Crippen molar-refractivity contribution in [2.24, 2.45) is 5.41 Å². The fourth-order valence-electron chi connectivity index (χ4n) is 2.53. The van der Waals surface area contributed by atoms with Crippen LogP contribution in [0.1, 0.15) is 26.3 Å². The summed E-state index contributed by atoms with van der Waals surface area (Å²) in [7, 11) is 0. The van der Waals surface area contributed by atoms with Crippen molar-refractivity contribution in [2.75, 3.05) is 6.54 Å². The molecule has 4 heteroatoms. The molecule has 0 bridgehead atoms. The lowest BCUT2D eigenvalue weighted by Gasteiger charge is -2.22. The number of amides is 1. The molecule has 19 heavy (non-hydrogen) atoms. The van der Waals surface area contributed by atoms with E-state index in [1.54, 1.807) is 4.90 Å². The number of rotatable bonds is 2. The van der Waals surface area contributed by atoms with Gasteiger partial charge in [0.2, 0.25) is 0 Å². The molecule has 1 aromatic carbocycles. The zero-order chi connectivity index (χ0) is 14.0. The van der Waals surface area contributed by atoms with Crippen LogP contribution in [0.25, 0.3) is 0 Å². The summed E-state index contributed by atoms with van der Waals surface area (Å²) in [6, 6.07) is 9.37. The third kappa shape index (κ3) is 2.89. The summed E-state index contributed by atoms with van der Waals surface area (Å²) < 4.78 is 5.30. The van der Waals surface area contributed by atoms with E-state index in [9.17, 15) is 9.90 Å². The van der Waals surface area contributed by atoms with Crippen LogP contribution >= 0.6 is 0 Å². The number of likely N-dealkylation sites (tertiary alicyclic amines) is 1. The Bertz CT molecular complexity index is 444. The van der Waals surface area contributed by atoms with Crippen molar-refractivity contribution >= 4 is 6.09 Å². The molecule has 1 aliphatic rings. The zero-order valence-electron chi connectivity index (χ0n) is 11.7. The fourth-order valence-corrected chi connectivity index (χ4v) is 2.53. The van der Waals surface area contributed by atoms with E-state index in [0.717, 1.165) is 5.56 Å². The molecular weight excluding hydrogens is 242 g/mol. The summed E-state index contributed by atoms with van der Waals surface area (Å²) >= 11 is 0. The molecule has 0 aromatic heterocycles. The van der Waals surface area contributed by atoms with E-state index in [2.05, 4.69) is 0 Å². The molecule has 1 amide bonds. The molecule has 2 unspecified atom stereocenters. The van der Waals surface area contributed by atoms with Gasteiger partial charge in [-0.3, -0.25) is 0 Å². The molecule has 2 atom stereocenters. The molecule has 4 nitrogen and oxygen atoms in total. The van der Waals surface area contributed by atoms with Crippen LogP contribution in [0.15, 0.2) is 30.3 Å². The monoisotopic (exact) mass is 263 g/mol. The highest BCUT2D eigenvalue weighted by atomic mass is 16.6. The highest BCUT2D eigenvalue weighted by molar-refractivity contribution is 5.68. The lowest BCUT2D eigenvalue weighted by molar-refractivity contribution is 0.0609. The average molecular weight is 263 g/mol. The molecule has 1 heterocycles. The number of benzene rings is 1. The largest absolute Gasteiger partial charge is 0.445 e. The molecular formula is C15H21NO3. The first-order valence-corrected chi connectivity index (χ1v) is 6.57. The third-order valence-electron chi connectivity index (χ3n) is 3.77. The first-order valence-electron chi connectivity index (χ1n) is 6.57. The molecule has 0 spiro atoms. The number of carbonyl (C=O) groups is 1. The molecule has 0 saturated carbocycles. The smallest absolute Gasteiger partial charge is 0.410 e. The first-order chi connectivity index (χ1) is 8.92. The summed E-state index contributed by atoms with van der Waals surface area (Å²) in [5.74, 6) is 0. The summed E-state index contributed by atoms with van der Waals surface area (Å²) in [6.07, 6.45) is -0.877. The molecule has 1 saturated heterocycles. The molecule has 1 aliphatic heterocycles. The maximum absolute atomic E-state index is 12.1. The van der Waals surface area contributed by atoms with Gasteiger partial charge in [-0.15, -0.1) is 0 Å². The minimum Gasteiger partial charge on any atom is -0.445 e. The predicted octanol–water partition coefficient (Wildman–Crippen LogP) is 2.41. The number of carbonyl (C=O) groups excluding carboxylic acids is 1. The Kier molecular flexibility index (Phi) is 3.80. The lowest BCUT2D eigenvalue weighted by Crippen LogP contribution is -2.37. The number of nitrogens with zero attached hydrogens (tertiary/aromatic N) is 1. The van der Waals surface area contributed by atoms with E-state index in [1.807, 2.05) is 51.1 Å². The first kappa shape index (κ1) is 13.9. The standard InChI is InChI=1S/C15H21NO3/c1-11-13(17)15(2,3)10-16(11)14(18)19-9-12-7-5-4-6-8-12/h4-8,11,13,17H,9-10H2,1-3H3. The quantitative estimate of drug-likeness (QED) is 0.891. The van der Waals surface area contributed by atoms with Crippen molar-refractivity contribution in [1.82, 2.24) is 4.90 Å². The molecule has 1 fully saturated rings. The number of hydrogen-bond acceptors (Lipinski definition) is 3. The third-order valence-corrected chi connectivity index (χ3v) is 3.77. The van der Waals surface area contributed by atoms with Crippen molar-refractivity contribution in [2.45, 2.75) is 39.5 Å². The summed E-state index contributed by atoms with van der Waals surface area (Å²) in [5, 5.41) is 10.1. The van der Waals surface area contributed by atoms with Crippen LogP contribution in [0.4, 0.5) is 4.79 Å². The predicted molar refractivity (Wildman–Crippen MR) is 72.6 cm³/mol. The SMILES string of the molecule is CC1C(O)C(C)(C)CN1C(=O)OCc1ccccc1. The van der Waals surface area contributed by atoms with E-state index < -0.39 is 6.10 Å². The van der Waals surface area contributed by atoms with Gasteiger partial charge >= 0.3 is 6.09 Å². The van der Waals surface area contributed by atoms with Crippen LogP contribution in [0.5, 0.6) is 0 Å². The summed E-state index contributed by atoms with van der Waals surface area (Å²) in [6.45, 7) is 6.54. The van der Waals surface area contributed by atoms with Gasteiger partial charge in [-0.2, -0.15) is 0 Å². The van der Waals surface area contributed by atoms with Gasteiger partial charge in [-0.1, -0.05) is 44.2 Å². The van der Waals surface area contributed by atoms with E-state index in [1.165, 1.54) is 0 Å². The van der Waals surface area contributed by atoms with E-state index >= 15 is 0 Å². The van der Waals surface area contributed by atoms with Crippen molar-refractivity contribution in [1.29, 1.82) is 0 Å². The van der Waals surface area contributed by atoms with Gasteiger partial charge in [0.1, 0.15) is 6.61 Å². The molecule has 1 N–H and O–H groups in total. The van der Waals surface area contributed by atoms with Crippen molar-refractivity contribution < 1.29 is 14.6 Å². The minimum absolute atomic E-state index is 0.210. The van der Waals surface area contributed by atoms with Gasteiger partial charge in [0.25, 0.3) is 0 Å². The van der Waals surface area contributed by atoms with Crippen molar-refractivity contribution in [3.8, 4) is 0 Å². The van der Waals surface area contributed by atoms with Crippen LogP contribution in [-0.4, -0.2) is 34.8 Å². The maximum Gasteiger partial charge on any atom is 0.410 e. The van der Waals surface area contributed by atoms with E-state index in [4.69, 9.17) is 4.74 Å². The second-order valence-corrected chi connectivity index (χ2v) is 5.84. The average Bonchev–Trinajstić information content (AvgIpc) is 2.61. The van der Waals surface area contributed by atoms with Crippen LogP contribution in [0, 0.1) is 5.41 Å². The maximum atomic E-state index is 12.1. The Morgan fingerprint density at radius 3 is 2.58 bits per heavy atom. The number of ether oxygens (including phenoxy) is 1. The Morgan fingerprint density at radius 2 is 2.05 bits per heavy atom. The molecule has 1 aromatic rings. The van der Waals surface area contributed by atoms with Gasteiger partial charge in [-0.25, -0.2) is 4.79 Å². The second kappa shape index (κ2) is 5.21. The fraction of sp³-hybridized carbons (Fsp3) is 0.533. The topological polar surface area (TPSA) is 49.8 Å². The van der Waals surface area contributed by atoms with Crippen molar-refractivity contribution in [3.63, 3.8) is 0 Å². The van der Waals surface area contributed by atoms with Gasteiger partial charge in [0.05, 0.1) is 12.1 Å². The Hall–Kier alpha value is -1.55. The van der Waals surface area contributed by atoms with Crippen LogP contribution < -0.4 is 0 Å². The number of aliphatic hydroxyl groups excluding tert-OH is 1. The van der Waals surface area contributed by atoms with Gasteiger partial charge in [0.15, 0.2) is 0 Å². The Labute approximate surface area is 114 Å². The van der Waals surface area contributed by atoms with E-state index in [-0.39, 0.29) is 24.2 Å². The van der Waals surface area contributed by atoms with Crippen molar-refractivity contribution in [3.05, 3.63) is 35.9 Å². The molecule has 0 aliphatic carbocycles. The highest BCUT2D eigenvalue weighted by Gasteiger charge is 2.46. The van der Waals surface area contributed by atoms with Crippen LogP contribution in [0.2, 0.25) is 0 Å². The van der Waals surface area contributed by atoms with Gasteiger partial charge < -0.3 is 14.7 Å². The van der Waals surface area contributed by atoms with Crippen LogP contribution in [-0.2, 0) is 11.3 Å². The Balaban J connectivity index is 1.94. The van der Waals surface area contributed by atoms with Gasteiger partial charge in [0, 0.05) is 12.0 Å². The summed E-state index contributed by atoms with van der Waals surface area (Å²) in [5.41, 5.74) is 0.674. The number of hydrogen-bond donors (Lipinski definition) is 1. The zero-order valence-corrected chi connectivity index (χ0v) is 11.7. The normalized spacial score (nSPS) is 25.4. The van der Waals surface area contributed by atoms with Gasteiger partial charge in [-0.05, 0) is 12.5 Å². The molecule has 2 rings (SSSR count). The Morgan fingerprint density at radius 1 is 1.42 bits per heavy atom. The molecule has 104 valence electrons. The van der Waals surface area contributed by atoms with Crippen LogP contribution in [0.3, 0.4) is 0 Å². The summed E-state index contributed by atoms with van der Waals surface area (Å²) in [4.78, 5) is 13.7.